The normalized spacial score (nSPS) is 11.9. The highest BCUT2D eigenvalue weighted by Crippen LogP contribution is 2.20. The Morgan fingerprint density at radius 2 is 1.85 bits per heavy atom. The summed E-state index contributed by atoms with van der Waals surface area (Å²) in [6.07, 6.45) is 0.412. The molecule has 0 aliphatic rings. The Labute approximate surface area is 119 Å². The highest BCUT2D eigenvalue weighted by atomic mass is 32.2. The van der Waals surface area contributed by atoms with E-state index in [2.05, 4.69) is 4.72 Å². The fraction of sp³-hybridized carbons (Fsp3) is 0.286. The summed E-state index contributed by atoms with van der Waals surface area (Å²) < 4.78 is 27.9. The van der Waals surface area contributed by atoms with E-state index in [1.807, 2.05) is 30.3 Å². The molecule has 2 aromatic rings. The molecular formula is C14H18N2O3S. The molecule has 0 spiro atoms. The number of fused-ring (bicyclic) bond motifs is 1. The Hall–Kier alpha value is -1.63. The van der Waals surface area contributed by atoms with Gasteiger partial charge in [-0.1, -0.05) is 30.3 Å². The predicted molar refractivity (Wildman–Crippen MR) is 80.8 cm³/mol. The summed E-state index contributed by atoms with van der Waals surface area (Å²) in [6.45, 7) is 0.245. The number of aliphatic hydroxyl groups is 1. The molecule has 0 aliphatic heterocycles. The highest BCUT2D eigenvalue weighted by Gasteiger charge is 2.16. The van der Waals surface area contributed by atoms with E-state index in [9.17, 15) is 8.42 Å². The first kappa shape index (κ1) is 14.8. The quantitative estimate of drug-likeness (QED) is 0.853. The number of hydrogen-bond donors (Lipinski definition) is 2. The van der Waals surface area contributed by atoms with Crippen molar-refractivity contribution >= 4 is 26.7 Å². The van der Waals surface area contributed by atoms with Crippen molar-refractivity contribution in [1.82, 2.24) is 4.31 Å². The Morgan fingerprint density at radius 1 is 1.15 bits per heavy atom. The molecule has 2 aromatic carbocycles. The van der Waals surface area contributed by atoms with Crippen LogP contribution in [0, 0.1) is 0 Å². The number of rotatable bonds is 6. The second-order valence-corrected chi connectivity index (χ2v) is 6.35. The Bertz CT molecular complexity index is 686. The molecule has 0 fully saturated rings. The Balaban J connectivity index is 2.18. The number of nitrogens with zero attached hydrogens (tertiary/aromatic N) is 1. The van der Waals surface area contributed by atoms with Crippen LogP contribution in [0.5, 0.6) is 0 Å². The minimum atomic E-state index is -3.58. The maximum Gasteiger partial charge on any atom is 0.301 e. The lowest BCUT2D eigenvalue weighted by Crippen LogP contribution is -2.33. The number of anilines is 1. The number of nitrogens with one attached hydrogen (secondary N) is 1. The molecular weight excluding hydrogens is 276 g/mol. The van der Waals surface area contributed by atoms with E-state index in [4.69, 9.17) is 5.11 Å². The second kappa shape index (κ2) is 6.21. The third kappa shape index (κ3) is 3.47. The van der Waals surface area contributed by atoms with Gasteiger partial charge in [0.2, 0.25) is 0 Å². The fourth-order valence-corrected chi connectivity index (χ4v) is 2.84. The summed E-state index contributed by atoms with van der Waals surface area (Å²) in [4.78, 5) is 0. The van der Waals surface area contributed by atoms with Gasteiger partial charge in [-0.15, -0.1) is 0 Å². The first-order valence-corrected chi connectivity index (χ1v) is 7.81. The van der Waals surface area contributed by atoms with Gasteiger partial charge in [-0.3, -0.25) is 4.72 Å². The lowest BCUT2D eigenvalue weighted by molar-refractivity contribution is 0.276. The zero-order valence-electron chi connectivity index (χ0n) is 11.3. The van der Waals surface area contributed by atoms with Crippen LogP contribution in [0.25, 0.3) is 10.8 Å². The largest absolute Gasteiger partial charge is 0.396 e. The van der Waals surface area contributed by atoms with Crippen molar-refractivity contribution in [1.29, 1.82) is 0 Å². The minimum absolute atomic E-state index is 0.0319. The Morgan fingerprint density at radius 3 is 2.55 bits per heavy atom. The number of aliphatic hydroxyl groups excluding tert-OH is 1. The fourth-order valence-electron chi connectivity index (χ4n) is 1.89. The van der Waals surface area contributed by atoms with Crippen molar-refractivity contribution in [3.05, 3.63) is 42.5 Å². The van der Waals surface area contributed by atoms with Crippen molar-refractivity contribution in [2.75, 3.05) is 24.9 Å². The van der Waals surface area contributed by atoms with Gasteiger partial charge in [0.1, 0.15) is 0 Å². The zero-order valence-corrected chi connectivity index (χ0v) is 12.1. The average molecular weight is 294 g/mol. The molecule has 6 heteroatoms. The van der Waals surface area contributed by atoms with Crippen LogP contribution in [0.2, 0.25) is 0 Å². The van der Waals surface area contributed by atoms with Crippen LogP contribution in [0.3, 0.4) is 0 Å². The summed E-state index contributed by atoms with van der Waals surface area (Å²) >= 11 is 0. The third-order valence-corrected chi connectivity index (χ3v) is 4.53. The molecule has 0 aliphatic carbocycles. The van der Waals surface area contributed by atoms with Gasteiger partial charge in [-0.25, -0.2) is 0 Å². The zero-order chi connectivity index (χ0) is 14.6. The first-order chi connectivity index (χ1) is 9.53. The maximum absolute atomic E-state index is 12.1. The molecule has 0 saturated carbocycles. The standard InChI is InChI=1S/C14H18N2O3S/c1-16(9-4-10-17)20(18,19)15-14-8-7-12-5-2-3-6-13(12)11-14/h2-3,5-8,11,15,17H,4,9-10H2,1H3. The number of hydrogen-bond acceptors (Lipinski definition) is 3. The molecule has 0 saturated heterocycles. The smallest absolute Gasteiger partial charge is 0.301 e. The van der Waals surface area contributed by atoms with Gasteiger partial charge in [-0.2, -0.15) is 12.7 Å². The van der Waals surface area contributed by atoms with Crippen LogP contribution in [-0.4, -0.2) is 38.0 Å². The molecule has 108 valence electrons. The van der Waals surface area contributed by atoms with Gasteiger partial charge in [0.15, 0.2) is 0 Å². The van der Waals surface area contributed by atoms with Gasteiger partial charge in [0.25, 0.3) is 0 Å². The molecule has 5 nitrogen and oxygen atoms in total. The van der Waals surface area contributed by atoms with E-state index < -0.39 is 10.2 Å². The Kier molecular flexibility index (Phi) is 4.59. The van der Waals surface area contributed by atoms with Crippen molar-refractivity contribution in [2.24, 2.45) is 0 Å². The summed E-state index contributed by atoms with van der Waals surface area (Å²) in [5.41, 5.74) is 0.527. The highest BCUT2D eigenvalue weighted by molar-refractivity contribution is 7.90. The number of benzene rings is 2. The molecule has 2 N–H and O–H groups in total. The second-order valence-electron chi connectivity index (χ2n) is 4.57. The minimum Gasteiger partial charge on any atom is -0.396 e. The van der Waals surface area contributed by atoms with Crippen molar-refractivity contribution in [3.8, 4) is 0 Å². The molecule has 0 bridgehead atoms. The lowest BCUT2D eigenvalue weighted by Gasteiger charge is -2.18. The van der Waals surface area contributed by atoms with Crippen LogP contribution in [0.1, 0.15) is 6.42 Å². The third-order valence-electron chi connectivity index (χ3n) is 3.04. The lowest BCUT2D eigenvalue weighted by atomic mass is 10.1. The van der Waals surface area contributed by atoms with Gasteiger partial charge in [0.05, 0.1) is 5.69 Å². The van der Waals surface area contributed by atoms with Gasteiger partial charge >= 0.3 is 10.2 Å². The summed E-state index contributed by atoms with van der Waals surface area (Å²) in [5, 5.41) is 10.8. The van der Waals surface area contributed by atoms with Crippen LogP contribution < -0.4 is 4.72 Å². The average Bonchev–Trinajstić information content (AvgIpc) is 2.44. The van der Waals surface area contributed by atoms with E-state index >= 15 is 0 Å². The van der Waals surface area contributed by atoms with Crippen molar-refractivity contribution < 1.29 is 13.5 Å². The predicted octanol–water partition coefficient (Wildman–Crippen LogP) is 1.81. The monoisotopic (exact) mass is 294 g/mol. The topological polar surface area (TPSA) is 69.6 Å². The molecule has 0 aromatic heterocycles. The molecule has 0 heterocycles. The molecule has 20 heavy (non-hydrogen) atoms. The first-order valence-electron chi connectivity index (χ1n) is 6.37. The summed E-state index contributed by atoms with van der Waals surface area (Å²) in [6, 6.07) is 13.2. The molecule has 0 unspecified atom stereocenters. The van der Waals surface area contributed by atoms with Crippen LogP contribution >= 0.6 is 0 Å². The van der Waals surface area contributed by atoms with Gasteiger partial charge < -0.3 is 5.11 Å². The van der Waals surface area contributed by atoms with Crippen LogP contribution in [-0.2, 0) is 10.2 Å². The van der Waals surface area contributed by atoms with E-state index in [1.54, 1.807) is 12.1 Å². The summed E-state index contributed by atoms with van der Waals surface area (Å²) in [5.74, 6) is 0. The van der Waals surface area contributed by atoms with E-state index in [0.717, 1.165) is 10.8 Å². The van der Waals surface area contributed by atoms with Gasteiger partial charge in [-0.05, 0) is 29.3 Å². The molecule has 2 rings (SSSR count). The van der Waals surface area contributed by atoms with Crippen LogP contribution in [0.15, 0.2) is 42.5 Å². The molecule has 0 radical (unpaired) electrons. The molecule has 0 amide bonds. The maximum atomic E-state index is 12.1. The van der Waals surface area contributed by atoms with E-state index in [0.29, 0.717) is 12.1 Å². The van der Waals surface area contributed by atoms with Crippen molar-refractivity contribution in [2.45, 2.75) is 6.42 Å². The SMILES string of the molecule is CN(CCCO)S(=O)(=O)Nc1ccc2ccccc2c1. The van der Waals surface area contributed by atoms with Gasteiger partial charge in [0, 0.05) is 20.2 Å². The molecule has 0 atom stereocenters. The van der Waals surface area contributed by atoms with E-state index in [-0.39, 0.29) is 13.2 Å². The van der Waals surface area contributed by atoms with E-state index in [1.165, 1.54) is 11.4 Å². The summed E-state index contributed by atoms with van der Waals surface area (Å²) in [7, 11) is -2.10. The van der Waals surface area contributed by atoms with Crippen molar-refractivity contribution in [3.63, 3.8) is 0 Å². The van der Waals surface area contributed by atoms with Crippen LogP contribution in [0.4, 0.5) is 5.69 Å².